The van der Waals surface area contributed by atoms with Crippen molar-refractivity contribution in [1.29, 1.82) is 0 Å². The molecule has 4 nitrogen and oxygen atoms in total. The van der Waals surface area contributed by atoms with Crippen LogP contribution >= 0.6 is 11.3 Å². The molecule has 112 valence electrons. The molecule has 2 aromatic rings. The predicted molar refractivity (Wildman–Crippen MR) is 86.4 cm³/mol. The number of carbonyl (C=O) groups is 1. The summed E-state index contributed by atoms with van der Waals surface area (Å²) in [6.07, 6.45) is 0.347. The Balaban J connectivity index is 1.91. The Bertz CT molecular complexity index is 580. The van der Waals surface area contributed by atoms with Crippen LogP contribution in [0.25, 0.3) is 0 Å². The average Bonchev–Trinajstić information content (AvgIpc) is 2.85. The SMILES string of the molecule is Cc1nc(CC(=O)NC[C@H](c2ccccc2)N(C)C)cs1. The number of rotatable bonds is 6. The smallest absolute Gasteiger partial charge is 0.226 e. The maximum absolute atomic E-state index is 12.0. The van der Waals surface area contributed by atoms with E-state index >= 15 is 0 Å². The molecule has 0 fully saturated rings. The van der Waals surface area contributed by atoms with Crippen molar-refractivity contribution in [2.45, 2.75) is 19.4 Å². The fourth-order valence-electron chi connectivity index (χ4n) is 2.20. The van der Waals surface area contributed by atoms with E-state index in [0.717, 1.165) is 10.7 Å². The van der Waals surface area contributed by atoms with Gasteiger partial charge in [0.25, 0.3) is 0 Å². The first-order valence-electron chi connectivity index (χ1n) is 6.95. The average molecular weight is 303 g/mol. The van der Waals surface area contributed by atoms with Gasteiger partial charge in [0.05, 0.1) is 23.2 Å². The van der Waals surface area contributed by atoms with Gasteiger partial charge in [-0.25, -0.2) is 4.98 Å². The number of thiazole rings is 1. The van der Waals surface area contributed by atoms with Crippen LogP contribution in [-0.2, 0) is 11.2 Å². The zero-order valence-electron chi connectivity index (χ0n) is 12.7. The van der Waals surface area contributed by atoms with Crippen molar-refractivity contribution in [3.05, 3.63) is 52.0 Å². The minimum absolute atomic E-state index is 0.0167. The van der Waals surface area contributed by atoms with Gasteiger partial charge in [-0.15, -0.1) is 11.3 Å². The lowest BCUT2D eigenvalue weighted by atomic mass is 10.1. The van der Waals surface area contributed by atoms with E-state index < -0.39 is 0 Å². The van der Waals surface area contributed by atoms with E-state index in [4.69, 9.17) is 0 Å². The molecule has 5 heteroatoms. The molecule has 21 heavy (non-hydrogen) atoms. The first-order chi connectivity index (χ1) is 10.1. The predicted octanol–water partition coefficient (Wildman–Crippen LogP) is 2.41. The lowest BCUT2D eigenvalue weighted by Gasteiger charge is -2.25. The van der Waals surface area contributed by atoms with Crippen LogP contribution in [-0.4, -0.2) is 36.4 Å². The van der Waals surface area contributed by atoms with Gasteiger partial charge in [0.2, 0.25) is 5.91 Å². The van der Waals surface area contributed by atoms with Crippen LogP contribution < -0.4 is 5.32 Å². The van der Waals surface area contributed by atoms with Crippen LogP contribution in [0.5, 0.6) is 0 Å². The van der Waals surface area contributed by atoms with Crippen LogP contribution in [0.2, 0.25) is 0 Å². The Morgan fingerprint density at radius 3 is 2.62 bits per heavy atom. The molecule has 0 unspecified atom stereocenters. The highest BCUT2D eigenvalue weighted by Crippen LogP contribution is 2.16. The number of hydrogen-bond acceptors (Lipinski definition) is 4. The van der Waals surface area contributed by atoms with Crippen molar-refractivity contribution < 1.29 is 4.79 Å². The van der Waals surface area contributed by atoms with Crippen molar-refractivity contribution in [3.8, 4) is 0 Å². The first-order valence-corrected chi connectivity index (χ1v) is 7.83. The Hall–Kier alpha value is -1.72. The Kier molecular flexibility index (Phi) is 5.47. The molecule has 1 aromatic carbocycles. The summed E-state index contributed by atoms with van der Waals surface area (Å²) < 4.78 is 0. The minimum atomic E-state index is 0.0167. The van der Waals surface area contributed by atoms with E-state index in [1.165, 1.54) is 5.56 Å². The largest absolute Gasteiger partial charge is 0.354 e. The number of likely N-dealkylation sites (N-methyl/N-ethyl adjacent to an activating group) is 1. The van der Waals surface area contributed by atoms with Crippen LogP contribution in [0.3, 0.4) is 0 Å². The van der Waals surface area contributed by atoms with Gasteiger partial charge >= 0.3 is 0 Å². The minimum Gasteiger partial charge on any atom is -0.354 e. The standard InChI is InChI=1S/C16H21N3OS/c1-12-18-14(11-21-12)9-16(20)17-10-15(19(2)3)13-7-5-4-6-8-13/h4-8,11,15H,9-10H2,1-3H3,(H,17,20)/t15-/m1/s1. The maximum Gasteiger partial charge on any atom is 0.226 e. The van der Waals surface area contributed by atoms with Gasteiger partial charge in [0, 0.05) is 11.9 Å². The molecule has 0 radical (unpaired) electrons. The second-order valence-electron chi connectivity index (χ2n) is 5.23. The number of hydrogen-bond donors (Lipinski definition) is 1. The molecular formula is C16H21N3OS. The van der Waals surface area contributed by atoms with E-state index in [9.17, 15) is 4.79 Å². The van der Waals surface area contributed by atoms with Crippen LogP contribution in [0.15, 0.2) is 35.7 Å². The van der Waals surface area contributed by atoms with Gasteiger partial charge in [-0.2, -0.15) is 0 Å². The van der Waals surface area contributed by atoms with Crippen molar-refractivity contribution in [2.24, 2.45) is 0 Å². The van der Waals surface area contributed by atoms with Crippen LogP contribution in [0.1, 0.15) is 22.3 Å². The Morgan fingerprint density at radius 1 is 1.33 bits per heavy atom. The normalized spacial score (nSPS) is 12.4. The van der Waals surface area contributed by atoms with Crippen LogP contribution in [0.4, 0.5) is 0 Å². The molecule has 0 bridgehead atoms. The fourth-order valence-corrected chi connectivity index (χ4v) is 2.81. The zero-order valence-corrected chi connectivity index (χ0v) is 13.5. The molecule has 0 saturated carbocycles. The third kappa shape index (κ3) is 4.65. The van der Waals surface area contributed by atoms with Gasteiger partial charge in [-0.1, -0.05) is 30.3 Å². The van der Waals surface area contributed by atoms with E-state index in [2.05, 4.69) is 27.3 Å². The van der Waals surface area contributed by atoms with Gasteiger partial charge in [0.1, 0.15) is 0 Å². The molecule has 0 aliphatic rings. The number of nitrogens with one attached hydrogen (secondary N) is 1. The second-order valence-corrected chi connectivity index (χ2v) is 6.29. The summed E-state index contributed by atoms with van der Waals surface area (Å²) in [6, 6.07) is 10.4. The highest BCUT2D eigenvalue weighted by molar-refractivity contribution is 7.09. The summed E-state index contributed by atoms with van der Waals surface area (Å²) in [6.45, 7) is 2.54. The summed E-state index contributed by atoms with van der Waals surface area (Å²) in [5.41, 5.74) is 2.04. The molecule has 2 rings (SSSR count). The van der Waals surface area contributed by atoms with Crippen molar-refractivity contribution in [3.63, 3.8) is 0 Å². The zero-order chi connectivity index (χ0) is 15.2. The van der Waals surface area contributed by atoms with Crippen LogP contribution in [0, 0.1) is 6.92 Å². The molecule has 0 spiro atoms. The molecule has 0 aliphatic heterocycles. The molecule has 1 amide bonds. The summed E-state index contributed by atoms with van der Waals surface area (Å²) in [5.74, 6) is 0.0167. The molecule has 0 aliphatic carbocycles. The third-order valence-corrected chi connectivity index (χ3v) is 4.13. The van der Waals surface area contributed by atoms with Crippen molar-refractivity contribution in [2.75, 3.05) is 20.6 Å². The second kappa shape index (κ2) is 7.33. The third-order valence-electron chi connectivity index (χ3n) is 3.31. The number of aryl methyl sites for hydroxylation is 1. The summed E-state index contributed by atoms with van der Waals surface area (Å²) in [4.78, 5) is 18.4. The first kappa shape index (κ1) is 15.7. The van der Waals surface area contributed by atoms with Crippen molar-refractivity contribution >= 4 is 17.2 Å². The number of nitrogens with zero attached hydrogens (tertiary/aromatic N) is 2. The van der Waals surface area contributed by atoms with E-state index in [-0.39, 0.29) is 11.9 Å². The van der Waals surface area contributed by atoms with Gasteiger partial charge in [-0.05, 0) is 26.6 Å². The highest BCUT2D eigenvalue weighted by Gasteiger charge is 2.15. The lowest BCUT2D eigenvalue weighted by Crippen LogP contribution is -2.35. The molecule has 1 aromatic heterocycles. The summed E-state index contributed by atoms with van der Waals surface area (Å²) >= 11 is 1.57. The molecule has 0 saturated heterocycles. The number of carbonyl (C=O) groups excluding carboxylic acids is 1. The molecular weight excluding hydrogens is 282 g/mol. The van der Waals surface area contributed by atoms with E-state index in [1.54, 1.807) is 11.3 Å². The van der Waals surface area contributed by atoms with Crippen molar-refractivity contribution in [1.82, 2.24) is 15.2 Å². The molecule has 1 N–H and O–H groups in total. The fraction of sp³-hybridized carbons (Fsp3) is 0.375. The quantitative estimate of drug-likeness (QED) is 0.891. The molecule has 1 heterocycles. The number of benzene rings is 1. The van der Waals surface area contributed by atoms with Gasteiger partial charge in [0.15, 0.2) is 0 Å². The monoisotopic (exact) mass is 303 g/mol. The lowest BCUT2D eigenvalue weighted by molar-refractivity contribution is -0.120. The van der Waals surface area contributed by atoms with Gasteiger partial charge in [-0.3, -0.25) is 4.79 Å². The van der Waals surface area contributed by atoms with E-state index in [1.807, 2.05) is 44.6 Å². The molecule has 1 atom stereocenters. The number of amides is 1. The van der Waals surface area contributed by atoms with E-state index in [0.29, 0.717) is 13.0 Å². The summed E-state index contributed by atoms with van der Waals surface area (Å²) in [5, 5.41) is 5.94. The number of aromatic nitrogens is 1. The topological polar surface area (TPSA) is 45.2 Å². The Morgan fingerprint density at radius 2 is 2.05 bits per heavy atom. The maximum atomic E-state index is 12.0. The Labute approximate surface area is 129 Å². The van der Waals surface area contributed by atoms with Gasteiger partial charge < -0.3 is 10.2 Å². The summed E-state index contributed by atoms with van der Waals surface area (Å²) in [7, 11) is 4.04. The highest BCUT2D eigenvalue weighted by atomic mass is 32.1.